The van der Waals surface area contributed by atoms with Gasteiger partial charge in [0.15, 0.2) is 0 Å². The highest BCUT2D eigenvalue weighted by molar-refractivity contribution is 5.97. The van der Waals surface area contributed by atoms with Gasteiger partial charge in [0.2, 0.25) is 0 Å². The van der Waals surface area contributed by atoms with Crippen molar-refractivity contribution in [3.05, 3.63) is 41.9 Å². The van der Waals surface area contributed by atoms with Crippen molar-refractivity contribution in [2.75, 3.05) is 12.8 Å². The first-order chi connectivity index (χ1) is 9.65. The standard InChI is InChI=1S/C13H14N6O/c1-19(13(20)8-6-15-18-12(8)14)7-11-16-9-4-2-3-5-10(9)17-11/h2-6H,7H2,1H3,(H,16,17)(H3,14,15,18). The third kappa shape index (κ3) is 2.09. The molecule has 0 saturated heterocycles. The molecule has 2 aromatic heterocycles. The van der Waals surface area contributed by atoms with E-state index in [1.807, 2.05) is 24.3 Å². The van der Waals surface area contributed by atoms with E-state index in [1.54, 1.807) is 11.9 Å². The highest BCUT2D eigenvalue weighted by Crippen LogP contribution is 2.14. The van der Waals surface area contributed by atoms with Gasteiger partial charge in [-0.1, -0.05) is 12.1 Å². The van der Waals surface area contributed by atoms with E-state index in [9.17, 15) is 4.79 Å². The van der Waals surface area contributed by atoms with E-state index >= 15 is 0 Å². The Morgan fingerprint density at radius 1 is 1.40 bits per heavy atom. The molecule has 1 aromatic carbocycles. The second-order valence-corrected chi connectivity index (χ2v) is 4.56. The Bertz CT molecular complexity index is 726. The maximum atomic E-state index is 12.2. The lowest BCUT2D eigenvalue weighted by atomic mass is 10.3. The minimum atomic E-state index is -0.197. The summed E-state index contributed by atoms with van der Waals surface area (Å²) in [6.07, 6.45) is 1.42. The summed E-state index contributed by atoms with van der Waals surface area (Å²) < 4.78 is 0. The summed E-state index contributed by atoms with van der Waals surface area (Å²) in [6.45, 7) is 0.373. The molecule has 0 aliphatic carbocycles. The van der Waals surface area contributed by atoms with Crippen LogP contribution in [0.5, 0.6) is 0 Å². The molecule has 7 nitrogen and oxygen atoms in total. The van der Waals surface area contributed by atoms with Gasteiger partial charge in [-0.3, -0.25) is 9.89 Å². The number of nitrogens with two attached hydrogens (primary N) is 1. The molecular weight excluding hydrogens is 256 g/mol. The van der Waals surface area contributed by atoms with E-state index in [4.69, 9.17) is 5.73 Å². The van der Waals surface area contributed by atoms with Crippen molar-refractivity contribution in [1.29, 1.82) is 0 Å². The predicted molar refractivity (Wildman–Crippen MR) is 74.9 cm³/mol. The van der Waals surface area contributed by atoms with Crippen LogP contribution in [0.1, 0.15) is 16.2 Å². The van der Waals surface area contributed by atoms with Crippen molar-refractivity contribution in [2.45, 2.75) is 6.54 Å². The zero-order chi connectivity index (χ0) is 14.1. The van der Waals surface area contributed by atoms with Gasteiger partial charge >= 0.3 is 0 Å². The molecule has 7 heteroatoms. The van der Waals surface area contributed by atoms with Crippen LogP contribution in [0, 0.1) is 0 Å². The molecule has 0 bridgehead atoms. The number of carbonyl (C=O) groups excluding carboxylic acids is 1. The number of aromatic amines is 2. The molecule has 0 saturated carbocycles. The van der Waals surface area contributed by atoms with E-state index in [1.165, 1.54) is 6.20 Å². The first-order valence-corrected chi connectivity index (χ1v) is 6.13. The molecule has 0 atom stereocenters. The fourth-order valence-corrected chi connectivity index (χ4v) is 2.05. The molecule has 0 spiro atoms. The van der Waals surface area contributed by atoms with Crippen LogP contribution in [0.2, 0.25) is 0 Å². The number of benzene rings is 1. The number of hydrogen-bond donors (Lipinski definition) is 3. The number of para-hydroxylation sites is 2. The number of nitrogens with zero attached hydrogens (tertiary/aromatic N) is 3. The molecule has 3 aromatic rings. The quantitative estimate of drug-likeness (QED) is 0.663. The molecule has 0 aliphatic heterocycles. The van der Waals surface area contributed by atoms with Crippen molar-refractivity contribution < 1.29 is 4.79 Å². The Morgan fingerprint density at radius 2 is 2.20 bits per heavy atom. The Hall–Kier alpha value is -2.83. The molecule has 20 heavy (non-hydrogen) atoms. The number of nitrogen functional groups attached to an aromatic ring is 1. The molecule has 102 valence electrons. The average Bonchev–Trinajstić information content (AvgIpc) is 3.03. The van der Waals surface area contributed by atoms with E-state index in [0.29, 0.717) is 12.1 Å². The fraction of sp³-hybridized carbons (Fsp3) is 0.154. The Kier molecular flexibility index (Phi) is 2.86. The van der Waals surface area contributed by atoms with Crippen LogP contribution in [-0.2, 0) is 6.54 Å². The zero-order valence-electron chi connectivity index (χ0n) is 10.9. The van der Waals surface area contributed by atoms with Gasteiger partial charge in [-0.2, -0.15) is 5.10 Å². The van der Waals surface area contributed by atoms with Gasteiger partial charge < -0.3 is 15.6 Å². The molecule has 1 amide bonds. The first-order valence-electron chi connectivity index (χ1n) is 6.13. The number of hydrogen-bond acceptors (Lipinski definition) is 4. The molecule has 2 heterocycles. The molecule has 3 rings (SSSR count). The topological polar surface area (TPSA) is 104 Å². The number of nitrogens with one attached hydrogen (secondary N) is 2. The third-order valence-electron chi connectivity index (χ3n) is 3.07. The smallest absolute Gasteiger partial charge is 0.259 e. The summed E-state index contributed by atoms with van der Waals surface area (Å²) in [5, 5.41) is 6.29. The van der Waals surface area contributed by atoms with Gasteiger partial charge in [0.05, 0.1) is 23.8 Å². The van der Waals surface area contributed by atoms with Crippen LogP contribution in [-0.4, -0.2) is 38.0 Å². The first kappa shape index (κ1) is 12.2. The van der Waals surface area contributed by atoms with Gasteiger partial charge in [0.25, 0.3) is 5.91 Å². The highest BCUT2D eigenvalue weighted by atomic mass is 16.2. The fourth-order valence-electron chi connectivity index (χ4n) is 2.05. The number of anilines is 1. The third-order valence-corrected chi connectivity index (χ3v) is 3.07. The minimum absolute atomic E-state index is 0.197. The van der Waals surface area contributed by atoms with Crippen LogP contribution < -0.4 is 5.73 Å². The van der Waals surface area contributed by atoms with Crippen LogP contribution >= 0.6 is 0 Å². The summed E-state index contributed by atoms with van der Waals surface area (Å²) in [5.41, 5.74) is 7.84. The number of imidazole rings is 1. The van der Waals surface area contributed by atoms with Gasteiger partial charge in [-0.05, 0) is 12.1 Å². The lowest BCUT2D eigenvalue weighted by Crippen LogP contribution is -2.27. The number of rotatable bonds is 3. The van der Waals surface area contributed by atoms with Gasteiger partial charge in [0, 0.05) is 7.05 Å². The van der Waals surface area contributed by atoms with Crippen LogP contribution in [0.15, 0.2) is 30.5 Å². The normalized spacial score (nSPS) is 10.8. The molecule has 0 radical (unpaired) electrons. The maximum Gasteiger partial charge on any atom is 0.259 e. The number of H-pyrrole nitrogens is 2. The maximum absolute atomic E-state index is 12.2. The van der Waals surface area contributed by atoms with E-state index < -0.39 is 0 Å². The Balaban J connectivity index is 1.80. The van der Waals surface area contributed by atoms with Gasteiger partial charge in [0.1, 0.15) is 17.2 Å². The summed E-state index contributed by atoms with van der Waals surface area (Å²) in [5.74, 6) is 0.798. The lowest BCUT2D eigenvalue weighted by molar-refractivity contribution is 0.0783. The highest BCUT2D eigenvalue weighted by Gasteiger charge is 2.17. The summed E-state index contributed by atoms with van der Waals surface area (Å²) in [4.78, 5) is 21.3. The van der Waals surface area contributed by atoms with E-state index in [0.717, 1.165) is 16.9 Å². The van der Waals surface area contributed by atoms with E-state index in [2.05, 4.69) is 20.2 Å². The van der Waals surface area contributed by atoms with Crippen molar-refractivity contribution in [3.8, 4) is 0 Å². The van der Waals surface area contributed by atoms with Gasteiger partial charge in [-0.25, -0.2) is 4.98 Å². The zero-order valence-corrected chi connectivity index (χ0v) is 10.9. The summed E-state index contributed by atoms with van der Waals surface area (Å²) >= 11 is 0. The largest absolute Gasteiger partial charge is 0.383 e. The van der Waals surface area contributed by atoms with E-state index in [-0.39, 0.29) is 11.7 Å². The molecule has 4 N–H and O–H groups in total. The van der Waals surface area contributed by atoms with Crippen LogP contribution in [0.4, 0.5) is 5.82 Å². The van der Waals surface area contributed by atoms with Crippen molar-refractivity contribution in [3.63, 3.8) is 0 Å². The second kappa shape index (κ2) is 4.69. The van der Waals surface area contributed by atoms with Crippen LogP contribution in [0.3, 0.4) is 0 Å². The van der Waals surface area contributed by atoms with Crippen molar-refractivity contribution in [1.82, 2.24) is 25.1 Å². The predicted octanol–water partition coefficient (Wildman–Crippen LogP) is 1.14. The number of amides is 1. The van der Waals surface area contributed by atoms with Gasteiger partial charge in [-0.15, -0.1) is 0 Å². The molecule has 0 aliphatic rings. The molecule has 0 unspecified atom stereocenters. The molecular formula is C13H14N6O. The lowest BCUT2D eigenvalue weighted by Gasteiger charge is -2.14. The van der Waals surface area contributed by atoms with Crippen LogP contribution in [0.25, 0.3) is 11.0 Å². The average molecular weight is 270 g/mol. The second-order valence-electron chi connectivity index (χ2n) is 4.56. The number of aromatic nitrogens is 4. The summed E-state index contributed by atoms with van der Waals surface area (Å²) in [6, 6.07) is 7.73. The number of carbonyl (C=O) groups is 1. The molecule has 0 fully saturated rings. The monoisotopic (exact) mass is 270 g/mol. The Morgan fingerprint density at radius 3 is 2.90 bits per heavy atom. The minimum Gasteiger partial charge on any atom is -0.383 e. The SMILES string of the molecule is CN(Cc1nc2ccccc2[nH]1)C(=O)c1cn[nH]c1N. The number of fused-ring (bicyclic) bond motifs is 1. The van der Waals surface area contributed by atoms with Crippen molar-refractivity contribution >= 4 is 22.8 Å². The van der Waals surface area contributed by atoms with Crippen molar-refractivity contribution in [2.24, 2.45) is 0 Å². The summed E-state index contributed by atoms with van der Waals surface area (Å²) in [7, 11) is 1.70. The Labute approximate surface area is 114 Å².